The third-order valence-corrected chi connectivity index (χ3v) is 7.30. The fraction of sp³-hybridized carbons (Fsp3) is 0.0526. The van der Waals surface area contributed by atoms with E-state index in [1.165, 1.54) is 29.2 Å². The van der Waals surface area contributed by atoms with Crippen molar-refractivity contribution in [3.63, 3.8) is 0 Å². The Balaban J connectivity index is 1.64. The first-order chi connectivity index (χ1) is 15.0. The van der Waals surface area contributed by atoms with Crippen molar-refractivity contribution in [3.05, 3.63) is 63.5 Å². The quantitative estimate of drug-likeness (QED) is 0.368. The number of halogens is 1. The Morgan fingerprint density at radius 2 is 1.75 bits per heavy atom. The molecule has 166 valence electrons. The maximum absolute atomic E-state index is 12.7. The lowest BCUT2D eigenvalue weighted by Gasteiger charge is -2.14. The Morgan fingerprint density at radius 1 is 1.12 bits per heavy atom. The summed E-state index contributed by atoms with van der Waals surface area (Å²) in [5.41, 5.74) is 5.95. The van der Waals surface area contributed by atoms with Gasteiger partial charge in [0.15, 0.2) is 0 Å². The number of anilines is 1. The average Bonchev–Trinajstić information content (AvgIpc) is 2.96. The van der Waals surface area contributed by atoms with Crippen molar-refractivity contribution in [1.29, 1.82) is 0 Å². The highest BCUT2D eigenvalue weighted by Gasteiger charge is 2.33. The molecule has 0 radical (unpaired) electrons. The van der Waals surface area contributed by atoms with Gasteiger partial charge in [0, 0.05) is 10.2 Å². The van der Waals surface area contributed by atoms with Gasteiger partial charge in [-0.25, -0.2) is 17.9 Å². The van der Waals surface area contributed by atoms with E-state index >= 15 is 0 Å². The van der Waals surface area contributed by atoms with Crippen LogP contribution in [0.25, 0.3) is 6.08 Å². The highest BCUT2D eigenvalue weighted by Crippen LogP contribution is 2.32. The number of thiocarbonyl (C=S) groups is 1. The molecule has 1 heterocycles. The SMILES string of the molecule is NC(=O)NS(=O)(=O)c1ccc(NC(=O)CN2C(=O)/C(=C/c3ccc(Br)cc3)SC2=S)cc1. The van der Waals surface area contributed by atoms with Gasteiger partial charge >= 0.3 is 6.03 Å². The van der Waals surface area contributed by atoms with Crippen LogP contribution in [0.5, 0.6) is 0 Å². The fourth-order valence-corrected chi connectivity index (χ4v) is 5.00. The minimum Gasteiger partial charge on any atom is -0.351 e. The van der Waals surface area contributed by atoms with Crippen molar-refractivity contribution in [2.45, 2.75) is 4.90 Å². The summed E-state index contributed by atoms with van der Waals surface area (Å²) in [4.78, 5) is 37.2. The van der Waals surface area contributed by atoms with E-state index in [2.05, 4.69) is 21.2 Å². The minimum absolute atomic E-state index is 0.204. The predicted octanol–water partition coefficient (Wildman–Crippen LogP) is 2.65. The van der Waals surface area contributed by atoms with Crippen LogP contribution in [0.2, 0.25) is 0 Å². The molecule has 0 spiro atoms. The zero-order valence-corrected chi connectivity index (χ0v) is 20.1. The number of nitrogens with one attached hydrogen (secondary N) is 2. The van der Waals surface area contributed by atoms with Gasteiger partial charge in [-0.1, -0.05) is 52.0 Å². The highest BCUT2D eigenvalue weighted by molar-refractivity contribution is 9.10. The Hall–Kier alpha value is -2.74. The number of hydrogen-bond acceptors (Lipinski definition) is 7. The number of benzene rings is 2. The van der Waals surface area contributed by atoms with Gasteiger partial charge in [0.25, 0.3) is 15.9 Å². The fourth-order valence-electron chi connectivity index (χ4n) is 2.60. The van der Waals surface area contributed by atoms with Crippen LogP contribution in [0.15, 0.2) is 62.8 Å². The zero-order chi connectivity index (χ0) is 23.5. The van der Waals surface area contributed by atoms with Crippen molar-refractivity contribution in [1.82, 2.24) is 9.62 Å². The molecular formula is C19H15BrN4O5S3. The van der Waals surface area contributed by atoms with Gasteiger partial charge in [-0.15, -0.1) is 0 Å². The van der Waals surface area contributed by atoms with E-state index in [0.717, 1.165) is 21.8 Å². The van der Waals surface area contributed by atoms with Crippen molar-refractivity contribution in [2.75, 3.05) is 11.9 Å². The number of thioether (sulfide) groups is 1. The molecule has 0 aliphatic carbocycles. The third-order valence-electron chi connectivity index (χ3n) is 4.03. The number of rotatable bonds is 6. The first kappa shape index (κ1) is 23.9. The number of nitrogens with two attached hydrogens (primary N) is 1. The minimum atomic E-state index is -4.09. The molecule has 4 amide bonds. The molecule has 0 bridgehead atoms. The van der Waals surface area contributed by atoms with E-state index < -0.39 is 22.0 Å². The second-order valence-electron chi connectivity index (χ2n) is 6.36. The smallest absolute Gasteiger partial charge is 0.326 e. The third kappa shape index (κ3) is 5.94. The van der Waals surface area contributed by atoms with Gasteiger partial charge in [0.2, 0.25) is 5.91 Å². The predicted molar refractivity (Wildman–Crippen MR) is 129 cm³/mol. The van der Waals surface area contributed by atoms with Gasteiger partial charge in [0.05, 0.1) is 9.80 Å². The zero-order valence-electron chi connectivity index (χ0n) is 16.1. The molecule has 32 heavy (non-hydrogen) atoms. The van der Waals surface area contributed by atoms with Crippen LogP contribution >= 0.6 is 39.9 Å². The molecule has 1 fully saturated rings. The second kappa shape index (κ2) is 9.81. The summed E-state index contributed by atoms with van der Waals surface area (Å²) in [6, 6.07) is 11.2. The van der Waals surface area contributed by atoms with E-state index in [-0.39, 0.29) is 21.7 Å². The van der Waals surface area contributed by atoms with E-state index in [4.69, 9.17) is 18.0 Å². The Morgan fingerprint density at radius 3 is 2.34 bits per heavy atom. The van der Waals surface area contributed by atoms with Gasteiger partial charge in [-0.3, -0.25) is 14.5 Å². The first-order valence-corrected chi connectivity index (χ1v) is 12.3. The van der Waals surface area contributed by atoms with Crippen molar-refractivity contribution in [2.24, 2.45) is 5.73 Å². The molecule has 1 aliphatic heterocycles. The lowest BCUT2D eigenvalue weighted by atomic mass is 10.2. The van der Waals surface area contributed by atoms with E-state index in [1.807, 2.05) is 24.3 Å². The average molecular weight is 555 g/mol. The van der Waals surface area contributed by atoms with Crippen molar-refractivity contribution >= 4 is 83.9 Å². The van der Waals surface area contributed by atoms with Gasteiger partial charge in [0.1, 0.15) is 10.9 Å². The van der Waals surface area contributed by atoms with Crippen molar-refractivity contribution < 1.29 is 22.8 Å². The van der Waals surface area contributed by atoms with E-state index in [9.17, 15) is 22.8 Å². The van der Waals surface area contributed by atoms with Crippen LogP contribution in [0.4, 0.5) is 10.5 Å². The summed E-state index contributed by atoms with van der Waals surface area (Å²) in [6.45, 7) is -0.300. The lowest BCUT2D eigenvalue weighted by molar-refractivity contribution is -0.126. The molecule has 9 nitrogen and oxygen atoms in total. The molecule has 1 saturated heterocycles. The highest BCUT2D eigenvalue weighted by atomic mass is 79.9. The molecule has 13 heteroatoms. The number of nitrogens with zero attached hydrogens (tertiary/aromatic N) is 1. The first-order valence-electron chi connectivity index (χ1n) is 8.78. The molecule has 0 aromatic heterocycles. The summed E-state index contributed by atoms with van der Waals surface area (Å²) in [5.74, 6) is -0.894. The summed E-state index contributed by atoms with van der Waals surface area (Å²) in [5, 5.41) is 2.57. The van der Waals surface area contributed by atoms with Crippen molar-refractivity contribution in [3.8, 4) is 0 Å². The number of carbonyl (C=O) groups excluding carboxylic acids is 3. The van der Waals surface area contributed by atoms with Crippen LogP contribution in [-0.2, 0) is 19.6 Å². The lowest BCUT2D eigenvalue weighted by Crippen LogP contribution is -2.36. The standard InChI is InChI=1S/C19H15BrN4O5S3/c20-12-3-1-11(2-4-12)9-15-17(26)24(19(30)31-15)10-16(25)22-13-5-7-14(8-6-13)32(28,29)23-18(21)27/h1-9H,10H2,(H,22,25)(H3,21,23,27)/b15-9-. The molecule has 0 unspecified atom stereocenters. The van der Waals surface area contributed by atoms with Crippen LogP contribution in [-0.4, -0.2) is 42.0 Å². The largest absolute Gasteiger partial charge is 0.351 e. The molecule has 4 N–H and O–H groups in total. The van der Waals surface area contributed by atoms with Crippen LogP contribution < -0.4 is 15.8 Å². The molecule has 2 aromatic rings. The topological polar surface area (TPSA) is 139 Å². The Bertz CT molecular complexity index is 1230. The number of primary amides is 1. The molecule has 2 aromatic carbocycles. The van der Waals surface area contributed by atoms with Gasteiger partial charge < -0.3 is 11.1 Å². The second-order valence-corrected chi connectivity index (χ2v) is 10.6. The van der Waals surface area contributed by atoms with E-state index in [1.54, 1.807) is 10.8 Å². The Kier molecular flexibility index (Phi) is 7.33. The number of carbonyl (C=O) groups is 3. The van der Waals surface area contributed by atoms with Crippen LogP contribution in [0.1, 0.15) is 5.56 Å². The van der Waals surface area contributed by atoms with Gasteiger partial charge in [-0.05, 0) is 48.0 Å². The summed E-state index contributed by atoms with van der Waals surface area (Å²) in [6.07, 6.45) is 1.70. The molecule has 0 saturated carbocycles. The summed E-state index contributed by atoms with van der Waals surface area (Å²) >= 11 is 9.69. The number of amides is 4. The Labute approximate surface area is 201 Å². The molecular weight excluding hydrogens is 540 g/mol. The molecule has 3 rings (SSSR count). The number of hydrogen-bond donors (Lipinski definition) is 3. The van der Waals surface area contributed by atoms with Gasteiger partial charge in [-0.2, -0.15) is 0 Å². The van der Waals surface area contributed by atoms with Crippen LogP contribution in [0, 0.1) is 0 Å². The normalized spacial score (nSPS) is 15.2. The maximum Gasteiger partial charge on any atom is 0.326 e. The summed E-state index contributed by atoms with van der Waals surface area (Å²) in [7, 11) is -4.09. The maximum atomic E-state index is 12.7. The molecule has 1 aliphatic rings. The summed E-state index contributed by atoms with van der Waals surface area (Å²) < 4.78 is 26.6. The van der Waals surface area contributed by atoms with E-state index in [0.29, 0.717) is 10.6 Å². The number of sulfonamides is 1. The number of urea groups is 1. The van der Waals surface area contributed by atoms with Crippen LogP contribution in [0.3, 0.4) is 0 Å². The molecule has 0 atom stereocenters. The monoisotopic (exact) mass is 554 g/mol.